The summed E-state index contributed by atoms with van der Waals surface area (Å²) in [5.74, 6) is -0.420. The Kier molecular flexibility index (Phi) is 5.57. The number of fused-ring (bicyclic) bond motifs is 1. The van der Waals surface area contributed by atoms with E-state index in [1.165, 1.54) is 0 Å². The van der Waals surface area contributed by atoms with Crippen molar-refractivity contribution in [1.82, 2.24) is 0 Å². The second-order valence-corrected chi connectivity index (χ2v) is 7.13. The highest BCUT2D eigenvalue weighted by molar-refractivity contribution is 5.13. The predicted octanol–water partition coefficient (Wildman–Crippen LogP) is 2.86. The largest absolute Gasteiger partial charge is 0.396 e. The number of hydrogen-bond acceptors (Lipinski definition) is 5. The lowest BCUT2D eigenvalue weighted by Crippen LogP contribution is -2.37. The summed E-state index contributed by atoms with van der Waals surface area (Å²) in [4.78, 5) is 0. The number of ether oxygens (including phenoxy) is 4. The van der Waals surface area contributed by atoms with E-state index in [9.17, 15) is 5.11 Å². The van der Waals surface area contributed by atoms with Crippen LogP contribution in [-0.4, -0.2) is 42.1 Å². The van der Waals surface area contributed by atoms with Gasteiger partial charge in [-0.15, -0.1) is 0 Å². The van der Waals surface area contributed by atoms with Crippen LogP contribution in [0.5, 0.6) is 0 Å². The molecule has 2 fully saturated rings. The summed E-state index contributed by atoms with van der Waals surface area (Å²) in [6.45, 7) is 6.63. The Morgan fingerprint density at radius 3 is 2.62 bits per heavy atom. The highest BCUT2D eigenvalue weighted by Gasteiger charge is 2.54. The Balaban J connectivity index is 1.63. The lowest BCUT2D eigenvalue weighted by molar-refractivity contribution is -0.224. The van der Waals surface area contributed by atoms with Crippen LogP contribution in [0.15, 0.2) is 30.3 Å². The monoisotopic (exact) mass is 336 g/mol. The molecule has 5 nitrogen and oxygen atoms in total. The van der Waals surface area contributed by atoms with Gasteiger partial charge in [-0.05, 0) is 32.3 Å². The summed E-state index contributed by atoms with van der Waals surface area (Å²) >= 11 is 0. The molecule has 0 radical (unpaired) electrons. The Hall–Kier alpha value is -0.980. The molecular weight excluding hydrogens is 308 g/mol. The SMILES string of the molecule is CC1[C@@H]2OC(C)(C)O[C@H]2O[C@@H]1[C@@H](CCCO)OCc1ccccc1. The highest BCUT2D eigenvalue weighted by Crippen LogP contribution is 2.42. The minimum absolute atomic E-state index is 0.0676. The van der Waals surface area contributed by atoms with Crippen molar-refractivity contribution >= 4 is 0 Å². The molecular formula is C19H28O5. The van der Waals surface area contributed by atoms with E-state index in [1.807, 2.05) is 44.2 Å². The van der Waals surface area contributed by atoms with E-state index >= 15 is 0 Å². The van der Waals surface area contributed by atoms with Crippen molar-refractivity contribution in [3.63, 3.8) is 0 Å². The van der Waals surface area contributed by atoms with Gasteiger partial charge >= 0.3 is 0 Å². The summed E-state index contributed by atoms with van der Waals surface area (Å²) in [6.07, 6.45) is 0.856. The van der Waals surface area contributed by atoms with Crippen LogP contribution in [0.4, 0.5) is 0 Å². The maximum absolute atomic E-state index is 9.19. The highest BCUT2D eigenvalue weighted by atomic mass is 16.8. The van der Waals surface area contributed by atoms with Gasteiger partial charge in [0.1, 0.15) is 6.10 Å². The molecule has 5 heteroatoms. The molecule has 3 rings (SSSR count). The number of aliphatic hydroxyl groups excluding tert-OH is 1. The maximum Gasteiger partial charge on any atom is 0.187 e. The van der Waals surface area contributed by atoms with Crippen LogP contribution in [0, 0.1) is 5.92 Å². The number of benzene rings is 1. The van der Waals surface area contributed by atoms with Crippen molar-refractivity contribution in [3.05, 3.63) is 35.9 Å². The number of hydrogen-bond donors (Lipinski definition) is 1. The number of aliphatic hydroxyl groups is 1. The fourth-order valence-corrected chi connectivity index (χ4v) is 3.52. The van der Waals surface area contributed by atoms with Crippen LogP contribution in [0.2, 0.25) is 0 Å². The van der Waals surface area contributed by atoms with Gasteiger partial charge in [0.15, 0.2) is 12.1 Å². The van der Waals surface area contributed by atoms with Gasteiger partial charge in [0.25, 0.3) is 0 Å². The van der Waals surface area contributed by atoms with Crippen LogP contribution < -0.4 is 0 Å². The minimum atomic E-state index is -0.597. The Labute approximate surface area is 143 Å². The van der Waals surface area contributed by atoms with Crippen LogP contribution >= 0.6 is 0 Å². The Bertz CT molecular complexity index is 518. The lowest BCUT2D eigenvalue weighted by atomic mass is 9.94. The average molecular weight is 336 g/mol. The number of rotatable bonds is 7. The van der Waals surface area contributed by atoms with Crippen molar-refractivity contribution in [2.24, 2.45) is 5.92 Å². The van der Waals surface area contributed by atoms with Gasteiger partial charge in [0.2, 0.25) is 0 Å². The average Bonchev–Trinajstić information content (AvgIpc) is 3.02. The zero-order valence-corrected chi connectivity index (χ0v) is 14.7. The summed E-state index contributed by atoms with van der Waals surface area (Å²) in [6, 6.07) is 10.1. The van der Waals surface area contributed by atoms with E-state index in [1.54, 1.807) is 0 Å². The molecule has 1 aromatic carbocycles. The molecule has 0 spiro atoms. The van der Waals surface area contributed by atoms with Gasteiger partial charge in [-0.3, -0.25) is 0 Å². The third kappa shape index (κ3) is 3.98. The molecule has 1 aromatic rings. The van der Waals surface area contributed by atoms with Crippen molar-refractivity contribution in [2.45, 2.75) is 70.6 Å². The fraction of sp³-hybridized carbons (Fsp3) is 0.684. The topological polar surface area (TPSA) is 57.2 Å². The van der Waals surface area contributed by atoms with Crippen LogP contribution in [0.3, 0.4) is 0 Å². The third-order valence-electron chi connectivity index (χ3n) is 4.74. The molecule has 1 N–H and O–H groups in total. The second kappa shape index (κ2) is 7.50. The summed E-state index contributed by atoms with van der Waals surface area (Å²) in [5.41, 5.74) is 1.13. The summed E-state index contributed by atoms with van der Waals surface area (Å²) in [7, 11) is 0. The molecule has 0 bridgehead atoms. The third-order valence-corrected chi connectivity index (χ3v) is 4.74. The van der Waals surface area contributed by atoms with E-state index < -0.39 is 5.79 Å². The van der Waals surface area contributed by atoms with Crippen LogP contribution in [0.1, 0.15) is 39.2 Å². The van der Waals surface area contributed by atoms with E-state index in [4.69, 9.17) is 18.9 Å². The molecule has 2 saturated heterocycles. The van der Waals surface area contributed by atoms with E-state index in [0.29, 0.717) is 13.0 Å². The minimum Gasteiger partial charge on any atom is -0.396 e. The zero-order chi connectivity index (χ0) is 17.2. The molecule has 0 amide bonds. The first-order chi connectivity index (χ1) is 11.5. The normalized spacial score (nSPS) is 32.7. The van der Waals surface area contributed by atoms with Crippen LogP contribution in [-0.2, 0) is 25.6 Å². The van der Waals surface area contributed by atoms with Gasteiger partial charge in [-0.25, -0.2) is 0 Å². The second-order valence-electron chi connectivity index (χ2n) is 7.13. The van der Waals surface area contributed by atoms with Crippen molar-refractivity contribution in [2.75, 3.05) is 6.61 Å². The summed E-state index contributed by atoms with van der Waals surface area (Å²) in [5, 5.41) is 9.19. The van der Waals surface area contributed by atoms with E-state index in [2.05, 4.69) is 6.92 Å². The van der Waals surface area contributed by atoms with Gasteiger partial charge < -0.3 is 24.1 Å². The molecule has 0 aromatic heterocycles. The first kappa shape index (κ1) is 17.8. The fourth-order valence-electron chi connectivity index (χ4n) is 3.52. The quantitative estimate of drug-likeness (QED) is 0.830. The maximum atomic E-state index is 9.19. The molecule has 2 aliphatic heterocycles. The predicted molar refractivity (Wildman–Crippen MR) is 89.2 cm³/mol. The molecule has 2 heterocycles. The van der Waals surface area contributed by atoms with Crippen molar-refractivity contribution < 1.29 is 24.1 Å². The Morgan fingerprint density at radius 2 is 1.96 bits per heavy atom. The molecule has 1 unspecified atom stereocenters. The smallest absolute Gasteiger partial charge is 0.187 e. The van der Waals surface area contributed by atoms with Gasteiger partial charge in [0.05, 0.1) is 18.8 Å². The molecule has 24 heavy (non-hydrogen) atoms. The van der Waals surface area contributed by atoms with Gasteiger partial charge in [0, 0.05) is 12.5 Å². The lowest BCUT2D eigenvalue weighted by Gasteiger charge is -2.29. The zero-order valence-electron chi connectivity index (χ0n) is 14.7. The van der Waals surface area contributed by atoms with Gasteiger partial charge in [-0.2, -0.15) is 0 Å². The molecule has 5 atom stereocenters. The molecule has 134 valence electrons. The van der Waals surface area contributed by atoms with E-state index in [0.717, 1.165) is 12.0 Å². The molecule has 2 aliphatic rings. The van der Waals surface area contributed by atoms with Crippen molar-refractivity contribution in [1.29, 1.82) is 0 Å². The summed E-state index contributed by atoms with van der Waals surface area (Å²) < 4.78 is 24.1. The molecule has 0 saturated carbocycles. The first-order valence-corrected chi connectivity index (χ1v) is 8.77. The van der Waals surface area contributed by atoms with Crippen LogP contribution in [0.25, 0.3) is 0 Å². The van der Waals surface area contributed by atoms with E-state index in [-0.39, 0.29) is 37.1 Å². The van der Waals surface area contributed by atoms with Gasteiger partial charge in [-0.1, -0.05) is 37.3 Å². The van der Waals surface area contributed by atoms with Crippen molar-refractivity contribution in [3.8, 4) is 0 Å². The Morgan fingerprint density at radius 1 is 1.21 bits per heavy atom. The first-order valence-electron chi connectivity index (χ1n) is 8.77. The standard InChI is InChI=1S/C19H28O5/c1-13-16(22-18-17(13)23-19(2,3)24-18)15(10-7-11-20)21-12-14-8-5-4-6-9-14/h4-6,8-9,13,15-18,20H,7,10-12H2,1-3H3/t13?,15-,16+,17+,18-/m1/s1. The molecule has 0 aliphatic carbocycles.